The van der Waals surface area contributed by atoms with Crippen LogP contribution in [-0.2, 0) is 0 Å². The molecule has 0 fully saturated rings. The van der Waals surface area contributed by atoms with Crippen molar-refractivity contribution in [3.63, 3.8) is 0 Å². The molecular formula is C25H25N3O3S. The zero-order valence-corrected chi connectivity index (χ0v) is 18.6. The van der Waals surface area contributed by atoms with Crippen LogP contribution in [0.15, 0.2) is 78.9 Å². The molecule has 0 spiro atoms. The molecule has 3 aromatic carbocycles. The van der Waals surface area contributed by atoms with Crippen LogP contribution in [0.2, 0.25) is 0 Å². The molecule has 0 saturated heterocycles. The second-order valence-electron chi connectivity index (χ2n) is 7.04. The first-order valence-corrected chi connectivity index (χ1v) is 10.8. The number of hydrogen-bond acceptors (Lipinski definition) is 4. The lowest BCUT2D eigenvalue weighted by Crippen LogP contribution is -2.34. The molecular weight excluding hydrogens is 422 g/mol. The molecule has 7 heteroatoms. The summed E-state index contributed by atoms with van der Waals surface area (Å²) >= 11 is 5.25. The number of nitrogens with one attached hydrogen (secondary N) is 3. The van der Waals surface area contributed by atoms with Crippen molar-refractivity contribution in [2.45, 2.75) is 19.8 Å². The van der Waals surface area contributed by atoms with Crippen LogP contribution in [0, 0.1) is 0 Å². The van der Waals surface area contributed by atoms with Crippen LogP contribution in [0.25, 0.3) is 0 Å². The van der Waals surface area contributed by atoms with Gasteiger partial charge in [0.1, 0.15) is 5.75 Å². The number of anilines is 2. The molecule has 0 heterocycles. The van der Waals surface area contributed by atoms with Gasteiger partial charge in [-0.25, -0.2) is 0 Å². The van der Waals surface area contributed by atoms with Crippen molar-refractivity contribution >= 4 is 40.5 Å². The summed E-state index contributed by atoms with van der Waals surface area (Å²) in [5, 5.41) is 8.64. The fourth-order valence-corrected chi connectivity index (χ4v) is 3.04. The van der Waals surface area contributed by atoms with Crippen LogP contribution in [0.1, 0.15) is 40.5 Å². The molecule has 3 rings (SSSR count). The smallest absolute Gasteiger partial charge is 0.257 e. The standard InChI is InChI=1S/C25H25N3O3S/c1-2-3-16-31-22-11-7-10-19(17-22)24(30)28-25(32)27-21-14-12-20(13-15-21)26-23(29)18-8-5-4-6-9-18/h4-15,17H,2-3,16H2,1H3,(H,26,29)(H2,27,28,30,32). The molecule has 0 aromatic heterocycles. The first kappa shape index (κ1) is 23.0. The maximum Gasteiger partial charge on any atom is 0.257 e. The Balaban J connectivity index is 1.52. The number of unbranched alkanes of at least 4 members (excludes halogenated alkanes) is 1. The highest BCUT2D eigenvalue weighted by atomic mass is 32.1. The fourth-order valence-electron chi connectivity index (χ4n) is 2.83. The lowest BCUT2D eigenvalue weighted by molar-refractivity contribution is 0.0976. The average Bonchev–Trinajstić information content (AvgIpc) is 2.81. The van der Waals surface area contributed by atoms with E-state index in [-0.39, 0.29) is 16.9 Å². The second-order valence-corrected chi connectivity index (χ2v) is 7.44. The quantitative estimate of drug-likeness (QED) is 0.325. The zero-order chi connectivity index (χ0) is 22.8. The van der Waals surface area contributed by atoms with Crippen molar-refractivity contribution in [2.75, 3.05) is 17.2 Å². The maximum atomic E-state index is 12.5. The number of ether oxygens (including phenoxy) is 1. The van der Waals surface area contributed by atoms with E-state index in [1.807, 2.05) is 24.3 Å². The lowest BCUT2D eigenvalue weighted by Gasteiger charge is -2.11. The van der Waals surface area contributed by atoms with Gasteiger partial charge < -0.3 is 15.4 Å². The SMILES string of the molecule is CCCCOc1cccc(C(=O)NC(=S)Nc2ccc(NC(=O)c3ccccc3)cc2)c1. The summed E-state index contributed by atoms with van der Waals surface area (Å²) in [6.45, 7) is 2.71. The minimum atomic E-state index is -0.324. The van der Waals surface area contributed by atoms with Gasteiger partial charge in [0.15, 0.2) is 5.11 Å². The van der Waals surface area contributed by atoms with Gasteiger partial charge in [-0.2, -0.15) is 0 Å². The van der Waals surface area contributed by atoms with E-state index in [9.17, 15) is 9.59 Å². The topological polar surface area (TPSA) is 79.5 Å². The van der Waals surface area contributed by atoms with Gasteiger partial charge in [0, 0.05) is 22.5 Å². The molecule has 0 aliphatic rings. The van der Waals surface area contributed by atoms with Gasteiger partial charge in [0.05, 0.1) is 6.61 Å². The van der Waals surface area contributed by atoms with Gasteiger partial charge in [-0.05, 0) is 73.2 Å². The molecule has 2 amide bonds. The normalized spacial score (nSPS) is 10.2. The number of amides is 2. The third-order valence-electron chi connectivity index (χ3n) is 4.53. The lowest BCUT2D eigenvalue weighted by atomic mass is 10.2. The average molecular weight is 448 g/mol. The van der Waals surface area contributed by atoms with E-state index >= 15 is 0 Å². The highest BCUT2D eigenvalue weighted by Crippen LogP contribution is 2.16. The van der Waals surface area contributed by atoms with Crippen molar-refractivity contribution in [2.24, 2.45) is 0 Å². The van der Waals surface area contributed by atoms with Crippen LogP contribution < -0.4 is 20.7 Å². The van der Waals surface area contributed by atoms with Gasteiger partial charge in [-0.1, -0.05) is 37.6 Å². The largest absolute Gasteiger partial charge is 0.494 e. The van der Waals surface area contributed by atoms with E-state index < -0.39 is 0 Å². The van der Waals surface area contributed by atoms with Crippen molar-refractivity contribution in [3.8, 4) is 5.75 Å². The van der Waals surface area contributed by atoms with E-state index in [4.69, 9.17) is 17.0 Å². The Bertz CT molecular complexity index is 1070. The molecule has 0 saturated carbocycles. The molecule has 3 aromatic rings. The molecule has 6 nitrogen and oxygen atoms in total. The van der Waals surface area contributed by atoms with E-state index in [1.165, 1.54) is 0 Å². The predicted octanol–water partition coefficient (Wildman–Crippen LogP) is 5.24. The van der Waals surface area contributed by atoms with Gasteiger partial charge in [0.2, 0.25) is 0 Å². The summed E-state index contributed by atoms with van der Waals surface area (Å²) in [4.78, 5) is 24.7. The Morgan fingerprint density at radius 2 is 1.47 bits per heavy atom. The highest BCUT2D eigenvalue weighted by Gasteiger charge is 2.10. The molecule has 0 aliphatic heterocycles. The number of rotatable bonds is 8. The van der Waals surface area contributed by atoms with Crippen LogP contribution in [0.5, 0.6) is 5.75 Å². The summed E-state index contributed by atoms with van der Waals surface area (Å²) in [6, 6.07) is 23.0. The summed E-state index contributed by atoms with van der Waals surface area (Å²) in [5.41, 5.74) is 2.38. The van der Waals surface area contributed by atoms with Crippen molar-refractivity contribution < 1.29 is 14.3 Å². The van der Waals surface area contributed by atoms with Gasteiger partial charge in [0.25, 0.3) is 11.8 Å². The van der Waals surface area contributed by atoms with Gasteiger partial charge >= 0.3 is 0 Å². The zero-order valence-electron chi connectivity index (χ0n) is 17.8. The van der Waals surface area contributed by atoms with E-state index in [0.29, 0.717) is 34.9 Å². The number of hydrogen-bond donors (Lipinski definition) is 3. The Kier molecular flexibility index (Phi) is 8.34. The monoisotopic (exact) mass is 447 g/mol. The maximum absolute atomic E-state index is 12.5. The van der Waals surface area contributed by atoms with Gasteiger partial charge in [-0.3, -0.25) is 14.9 Å². The molecule has 0 aliphatic carbocycles. The van der Waals surface area contributed by atoms with Gasteiger partial charge in [-0.15, -0.1) is 0 Å². The molecule has 0 bridgehead atoms. The summed E-state index contributed by atoms with van der Waals surface area (Å²) in [7, 11) is 0. The Morgan fingerprint density at radius 1 is 0.812 bits per heavy atom. The summed E-state index contributed by atoms with van der Waals surface area (Å²) < 4.78 is 5.65. The minimum absolute atomic E-state index is 0.174. The van der Waals surface area contributed by atoms with Crippen LogP contribution >= 0.6 is 12.2 Å². The predicted molar refractivity (Wildman–Crippen MR) is 131 cm³/mol. The molecule has 164 valence electrons. The van der Waals surface area contributed by atoms with Crippen molar-refractivity contribution in [3.05, 3.63) is 90.0 Å². The van der Waals surface area contributed by atoms with Crippen LogP contribution in [0.4, 0.5) is 11.4 Å². The number of thiocarbonyl (C=S) groups is 1. The molecule has 0 radical (unpaired) electrons. The fraction of sp³-hybridized carbons (Fsp3) is 0.160. The molecule has 0 unspecified atom stereocenters. The number of carbonyl (C=O) groups is 2. The number of benzene rings is 3. The Labute approximate surface area is 193 Å². The van der Waals surface area contributed by atoms with E-state index in [2.05, 4.69) is 22.9 Å². The van der Waals surface area contributed by atoms with E-state index in [0.717, 1.165) is 12.8 Å². The first-order valence-electron chi connectivity index (χ1n) is 10.4. The molecule has 0 atom stereocenters. The summed E-state index contributed by atoms with van der Waals surface area (Å²) in [6.07, 6.45) is 2.00. The van der Waals surface area contributed by atoms with Crippen LogP contribution in [0.3, 0.4) is 0 Å². The third kappa shape index (κ3) is 6.92. The van der Waals surface area contributed by atoms with Crippen molar-refractivity contribution in [1.82, 2.24) is 5.32 Å². The molecule has 3 N–H and O–H groups in total. The molecule has 32 heavy (non-hydrogen) atoms. The van der Waals surface area contributed by atoms with E-state index in [1.54, 1.807) is 54.6 Å². The Hall–Kier alpha value is -3.71. The first-order chi connectivity index (χ1) is 15.5. The highest BCUT2D eigenvalue weighted by molar-refractivity contribution is 7.80. The Morgan fingerprint density at radius 3 is 2.16 bits per heavy atom. The summed E-state index contributed by atoms with van der Waals surface area (Å²) in [5.74, 6) is 0.142. The van der Waals surface area contributed by atoms with Crippen molar-refractivity contribution in [1.29, 1.82) is 0 Å². The number of carbonyl (C=O) groups excluding carboxylic acids is 2. The van der Waals surface area contributed by atoms with Crippen LogP contribution in [-0.4, -0.2) is 23.5 Å². The third-order valence-corrected chi connectivity index (χ3v) is 4.73. The minimum Gasteiger partial charge on any atom is -0.494 e. The second kappa shape index (κ2) is 11.6.